The molecule has 0 saturated carbocycles. The summed E-state index contributed by atoms with van der Waals surface area (Å²) >= 11 is 3.95. The summed E-state index contributed by atoms with van der Waals surface area (Å²) in [5, 5.41) is 16.7. The lowest BCUT2D eigenvalue weighted by Crippen LogP contribution is -2.49. The van der Waals surface area contributed by atoms with E-state index in [4.69, 9.17) is 25.1 Å². The molecule has 3 aromatic carbocycles. The number of hydrogen-bond donors (Lipinski definition) is 5. The Balaban J connectivity index is 0.000000182. The van der Waals surface area contributed by atoms with E-state index >= 15 is 0 Å². The first-order valence-corrected chi connectivity index (χ1v) is 25.7. The average Bonchev–Trinajstić information content (AvgIpc) is 4.20. The van der Waals surface area contributed by atoms with Crippen LogP contribution in [0.2, 0.25) is 0 Å². The summed E-state index contributed by atoms with van der Waals surface area (Å²) in [5.74, 6) is -2.79. The van der Waals surface area contributed by atoms with Crippen molar-refractivity contribution in [1.82, 2.24) is 30.9 Å². The number of carbonyl (C=O) groups is 6. The van der Waals surface area contributed by atoms with Crippen molar-refractivity contribution in [2.24, 2.45) is 5.73 Å². The molecule has 384 valence electrons. The quantitative estimate of drug-likeness (QED) is 0.0447. The number of esters is 2. The maximum absolute atomic E-state index is 12.8. The Bertz CT molecular complexity index is 3420. The molecule has 0 unspecified atom stereocenters. The zero-order chi connectivity index (χ0) is 53.3. The van der Waals surface area contributed by atoms with E-state index in [9.17, 15) is 28.8 Å². The van der Waals surface area contributed by atoms with Crippen molar-refractivity contribution < 1.29 is 48.1 Å². The van der Waals surface area contributed by atoms with E-state index in [1.54, 1.807) is 36.8 Å². The van der Waals surface area contributed by atoms with Crippen molar-refractivity contribution in [3.63, 3.8) is 0 Å². The number of thiophene rings is 3. The Morgan fingerprint density at radius 2 is 0.893 bits per heavy atom. The molecular weight excluding hydrogens is 1010 g/mol. The van der Waals surface area contributed by atoms with Crippen LogP contribution in [0.3, 0.4) is 0 Å². The van der Waals surface area contributed by atoms with Gasteiger partial charge in [0.05, 0.1) is 40.4 Å². The first kappa shape index (κ1) is 54.3. The topological polar surface area (TPSA) is 251 Å². The normalized spacial score (nSPS) is 11.5. The number of nitrogens with one attached hydrogen (secondary N) is 3. The van der Waals surface area contributed by atoms with E-state index in [1.165, 1.54) is 34.0 Å². The predicted octanol–water partition coefficient (Wildman–Crippen LogP) is 9.08. The number of hydrogen-bond acceptors (Lipinski definition) is 16. The van der Waals surface area contributed by atoms with Gasteiger partial charge >= 0.3 is 24.0 Å². The van der Waals surface area contributed by atoms with Gasteiger partial charge in [-0.25, -0.2) is 14.4 Å². The van der Waals surface area contributed by atoms with Gasteiger partial charge in [0.15, 0.2) is 0 Å². The van der Waals surface area contributed by atoms with Crippen LogP contribution < -0.4 is 21.7 Å². The van der Waals surface area contributed by atoms with Crippen molar-refractivity contribution in [2.75, 3.05) is 13.1 Å². The molecule has 0 aliphatic heterocycles. The average molecular weight is 1070 g/mol. The number of carbonyl (C=O) groups excluding carboxylic acids is 5. The van der Waals surface area contributed by atoms with Crippen LogP contribution in [-0.2, 0) is 43.6 Å². The molecule has 0 saturated heterocycles. The molecule has 6 aromatic heterocycles. The van der Waals surface area contributed by atoms with Crippen molar-refractivity contribution in [3.8, 4) is 0 Å². The van der Waals surface area contributed by atoms with E-state index in [0.717, 1.165) is 64.0 Å². The maximum atomic E-state index is 12.8. The number of alkyl carbamates (subject to hydrolysis) is 1. The zero-order valence-corrected chi connectivity index (χ0v) is 43.3. The monoisotopic (exact) mass is 1070 g/mol. The Morgan fingerprint density at radius 3 is 1.31 bits per heavy atom. The summed E-state index contributed by atoms with van der Waals surface area (Å²) in [7, 11) is 0. The Labute approximate surface area is 442 Å². The number of rotatable bonds is 16. The highest BCUT2D eigenvalue weighted by molar-refractivity contribution is 7.21. The highest BCUT2D eigenvalue weighted by Crippen LogP contribution is 2.29. The molecule has 0 fully saturated rings. The third-order valence-corrected chi connectivity index (χ3v) is 14.7. The number of aromatic nitrogens is 3. The van der Waals surface area contributed by atoms with Crippen LogP contribution >= 0.6 is 34.0 Å². The maximum Gasteiger partial charge on any atom is 0.408 e. The fourth-order valence-corrected chi connectivity index (χ4v) is 9.87. The molecule has 2 atom stereocenters. The number of carboxylic acids is 1. The second-order valence-electron chi connectivity index (χ2n) is 16.6. The molecule has 0 radical (unpaired) electrons. The minimum atomic E-state index is -1.14. The van der Waals surface area contributed by atoms with Crippen LogP contribution in [0.25, 0.3) is 30.6 Å². The number of nitrogens with two attached hydrogens (primary N) is 1. The molecule has 0 aliphatic carbocycles. The van der Waals surface area contributed by atoms with Gasteiger partial charge in [-0.1, -0.05) is 91.0 Å². The number of nitrogens with zero attached hydrogens (tertiary/aromatic N) is 3. The highest BCUT2D eigenvalue weighted by Gasteiger charge is 2.25. The number of pyridine rings is 3. The molecule has 6 heterocycles. The molecule has 0 aliphatic rings. The van der Waals surface area contributed by atoms with Gasteiger partial charge in [-0.15, -0.1) is 34.0 Å². The van der Waals surface area contributed by atoms with Crippen LogP contribution in [0.5, 0.6) is 0 Å². The second-order valence-corrected chi connectivity index (χ2v) is 19.8. The highest BCUT2D eigenvalue weighted by atomic mass is 32.1. The van der Waals surface area contributed by atoms with E-state index in [-0.39, 0.29) is 44.7 Å². The molecule has 75 heavy (non-hydrogen) atoms. The number of aromatic carboxylic acids is 1. The van der Waals surface area contributed by atoms with Gasteiger partial charge in [0.2, 0.25) is 0 Å². The van der Waals surface area contributed by atoms with E-state index in [0.29, 0.717) is 14.6 Å². The molecule has 20 heteroatoms. The van der Waals surface area contributed by atoms with Gasteiger partial charge in [-0.3, -0.25) is 29.3 Å². The third kappa shape index (κ3) is 15.5. The van der Waals surface area contributed by atoms with Gasteiger partial charge in [-0.05, 0) is 90.6 Å². The van der Waals surface area contributed by atoms with Gasteiger partial charge in [0, 0.05) is 31.7 Å². The standard InChI is InChI=1S/C27H25N3O5S.C19H19N3O3S.C9H7NO2S/c1-18-12-13-28-21-14-23(36-24(18)21)25(31)29-15-22(26(32)34-16-19-8-4-2-5-9-19)30-27(33)35-17-20-10-6-3-7-11-20;1-12-7-8-21-15-9-16(26-17(12)15)18(23)22-10-14(20)19(24)25-11-13-5-3-2-4-6-13;1-5-2-3-10-6-4-7(9(11)12)13-8(5)6/h2-14,22H,15-17H2,1H3,(H,29,31)(H,30,33);2-9,14H,10-11,20H2,1H3,(H,22,23);2-4H,1H3,(H,11,12)/t22-;14-;/m11./s1. The largest absolute Gasteiger partial charge is 0.477 e. The van der Waals surface area contributed by atoms with Crippen molar-refractivity contribution >= 4 is 100 Å². The number of amides is 3. The summed E-state index contributed by atoms with van der Waals surface area (Å²) in [5.41, 5.74) is 13.7. The Morgan fingerprint density at radius 1 is 0.520 bits per heavy atom. The first-order valence-electron chi connectivity index (χ1n) is 23.2. The molecule has 6 N–H and O–H groups in total. The second kappa shape index (κ2) is 26.5. The summed E-state index contributed by atoms with van der Waals surface area (Å²) in [6.07, 6.45) is 4.30. The van der Waals surface area contributed by atoms with Crippen LogP contribution in [0, 0.1) is 20.8 Å². The lowest BCUT2D eigenvalue weighted by molar-refractivity contribution is -0.147. The molecule has 9 rings (SSSR count). The van der Waals surface area contributed by atoms with Crippen LogP contribution in [0.4, 0.5) is 4.79 Å². The van der Waals surface area contributed by atoms with E-state index in [1.807, 2.05) is 130 Å². The molecular formula is C55H51N7O10S3. The minimum absolute atomic E-state index is 0.00706. The number of fused-ring (bicyclic) bond motifs is 3. The van der Waals surface area contributed by atoms with Crippen molar-refractivity contribution in [3.05, 3.63) is 194 Å². The molecule has 3 amide bonds. The molecule has 0 spiro atoms. The van der Waals surface area contributed by atoms with Crippen LogP contribution in [-0.4, -0.2) is 81.0 Å². The molecule has 17 nitrogen and oxygen atoms in total. The van der Waals surface area contributed by atoms with Gasteiger partial charge in [0.25, 0.3) is 11.8 Å². The minimum Gasteiger partial charge on any atom is -0.477 e. The summed E-state index contributed by atoms with van der Waals surface area (Å²) in [6, 6.07) is 36.3. The lowest BCUT2D eigenvalue weighted by atomic mass is 10.2. The predicted molar refractivity (Wildman–Crippen MR) is 289 cm³/mol. The fraction of sp³-hybridized carbons (Fsp3) is 0.182. The van der Waals surface area contributed by atoms with E-state index in [2.05, 4.69) is 30.9 Å². The van der Waals surface area contributed by atoms with Gasteiger partial charge in [-0.2, -0.15) is 0 Å². The Kier molecular flexibility index (Phi) is 19.2. The molecule has 0 bridgehead atoms. The summed E-state index contributed by atoms with van der Waals surface area (Å²) in [4.78, 5) is 86.9. The lowest BCUT2D eigenvalue weighted by Gasteiger charge is -2.18. The van der Waals surface area contributed by atoms with E-state index < -0.39 is 36.1 Å². The fourth-order valence-electron chi connectivity index (χ4n) is 6.94. The third-order valence-electron chi connectivity index (χ3n) is 11.0. The summed E-state index contributed by atoms with van der Waals surface area (Å²) in [6.45, 7) is 5.94. The van der Waals surface area contributed by atoms with Gasteiger partial charge < -0.3 is 41.0 Å². The first-order chi connectivity index (χ1) is 36.2. The van der Waals surface area contributed by atoms with Crippen LogP contribution in [0.15, 0.2) is 146 Å². The van der Waals surface area contributed by atoms with Crippen LogP contribution in [0.1, 0.15) is 62.4 Å². The SMILES string of the molecule is Cc1ccnc2cc(C(=O)NC[C@@H](N)C(=O)OCc3ccccc3)sc12.Cc1ccnc2cc(C(=O)NC[C@@H](NC(=O)OCc3ccccc3)C(=O)OCc3ccccc3)sc12.Cc1ccnc2cc(C(=O)O)sc12. The molecule has 9 aromatic rings. The van der Waals surface area contributed by atoms with Crippen molar-refractivity contribution in [1.29, 1.82) is 0 Å². The summed E-state index contributed by atoms with van der Waals surface area (Å²) < 4.78 is 18.7. The number of aryl methyl sites for hydroxylation is 3. The number of benzene rings is 3. The number of carboxylic acid groups (broad SMARTS) is 1. The smallest absolute Gasteiger partial charge is 0.408 e. The Hall–Kier alpha value is -8.43. The van der Waals surface area contributed by atoms with Gasteiger partial charge in [0.1, 0.15) is 36.8 Å². The van der Waals surface area contributed by atoms with Crippen molar-refractivity contribution in [2.45, 2.75) is 52.7 Å². The zero-order valence-electron chi connectivity index (χ0n) is 40.8. The number of ether oxygens (including phenoxy) is 3.